The summed E-state index contributed by atoms with van der Waals surface area (Å²) >= 11 is 12.3. The Labute approximate surface area is 156 Å². The van der Waals surface area contributed by atoms with Gasteiger partial charge >= 0.3 is 0 Å². The second-order valence-electron chi connectivity index (χ2n) is 6.24. The van der Waals surface area contributed by atoms with Crippen LogP contribution < -0.4 is 0 Å². The molecule has 4 nitrogen and oxygen atoms in total. The van der Waals surface area contributed by atoms with E-state index in [1.165, 1.54) is 5.56 Å². The fourth-order valence-corrected chi connectivity index (χ4v) is 3.51. The van der Waals surface area contributed by atoms with E-state index in [-0.39, 0.29) is 0 Å². The van der Waals surface area contributed by atoms with Crippen molar-refractivity contribution in [1.29, 1.82) is 0 Å². The first-order valence-corrected chi connectivity index (χ1v) is 8.92. The zero-order valence-corrected chi connectivity index (χ0v) is 15.3. The number of benzene rings is 1. The molecule has 0 radical (unpaired) electrons. The molecule has 0 saturated carbocycles. The van der Waals surface area contributed by atoms with Crippen LogP contribution >= 0.6 is 23.2 Å². The normalized spacial score (nSPS) is 14.5. The molecule has 1 aliphatic heterocycles. The number of aromatic nitrogens is 2. The van der Waals surface area contributed by atoms with E-state index < -0.39 is 0 Å². The molecule has 0 aliphatic carbocycles. The lowest BCUT2D eigenvalue weighted by Crippen LogP contribution is -2.30. The zero-order valence-electron chi connectivity index (χ0n) is 13.8. The van der Waals surface area contributed by atoms with Gasteiger partial charge in [-0.05, 0) is 37.3 Å². The molecule has 0 fully saturated rings. The third kappa shape index (κ3) is 3.56. The van der Waals surface area contributed by atoms with Crippen LogP contribution in [0.5, 0.6) is 0 Å². The Morgan fingerprint density at radius 3 is 2.96 bits per heavy atom. The summed E-state index contributed by atoms with van der Waals surface area (Å²) in [6.45, 7) is 4.46. The lowest BCUT2D eigenvalue weighted by atomic mass is 10.1. The van der Waals surface area contributed by atoms with Gasteiger partial charge in [0.15, 0.2) is 0 Å². The van der Waals surface area contributed by atoms with Gasteiger partial charge in [0.1, 0.15) is 17.3 Å². The van der Waals surface area contributed by atoms with Gasteiger partial charge in [-0.3, -0.25) is 4.90 Å². The van der Waals surface area contributed by atoms with Crippen molar-refractivity contribution in [3.8, 4) is 11.3 Å². The molecule has 4 rings (SSSR count). The summed E-state index contributed by atoms with van der Waals surface area (Å²) in [5, 5.41) is 1.27. The van der Waals surface area contributed by atoms with E-state index in [0.29, 0.717) is 10.0 Å². The molecule has 0 bridgehead atoms. The maximum absolute atomic E-state index is 6.26. The smallest absolute Gasteiger partial charge is 0.135 e. The summed E-state index contributed by atoms with van der Waals surface area (Å²) < 4.78 is 6.00. The van der Waals surface area contributed by atoms with Crippen LogP contribution in [-0.2, 0) is 19.5 Å². The Morgan fingerprint density at radius 2 is 2.08 bits per heavy atom. The molecule has 0 N–H and O–H groups in total. The Bertz CT molecular complexity index is 923. The number of hydrogen-bond donors (Lipinski definition) is 0. The van der Waals surface area contributed by atoms with Crippen LogP contribution in [-0.4, -0.2) is 21.4 Å². The van der Waals surface area contributed by atoms with Crippen molar-refractivity contribution in [3.05, 3.63) is 69.4 Å². The molecule has 3 heterocycles. The van der Waals surface area contributed by atoms with Crippen molar-refractivity contribution in [2.45, 2.75) is 26.4 Å². The van der Waals surface area contributed by atoms with Crippen LogP contribution in [0.25, 0.3) is 11.3 Å². The molecule has 2 aromatic heterocycles. The SMILES string of the molecule is Cc1ncc2c(n1)CCN(Cc1ccc(-c3cc(Cl)ccc3Cl)o1)C2. The number of fused-ring (bicyclic) bond motifs is 1. The standard InChI is InChI=1S/C19H17Cl2N3O/c1-12-22-9-13-10-24(7-6-18(13)23-12)11-15-3-5-19(25-15)16-8-14(20)2-4-17(16)21/h2-5,8-9H,6-7,10-11H2,1H3. The number of rotatable bonds is 3. The van der Waals surface area contributed by atoms with Crippen LogP contribution in [0.2, 0.25) is 10.0 Å². The molecular weight excluding hydrogens is 357 g/mol. The minimum atomic E-state index is 0.629. The van der Waals surface area contributed by atoms with Crippen molar-refractivity contribution in [2.24, 2.45) is 0 Å². The fourth-order valence-electron chi connectivity index (χ4n) is 3.12. The molecule has 0 spiro atoms. The number of furan rings is 1. The molecule has 1 aliphatic rings. The maximum atomic E-state index is 6.26. The molecule has 0 unspecified atom stereocenters. The molecule has 1 aromatic carbocycles. The lowest BCUT2D eigenvalue weighted by Gasteiger charge is -2.27. The van der Waals surface area contributed by atoms with E-state index in [1.54, 1.807) is 12.1 Å². The summed E-state index contributed by atoms with van der Waals surface area (Å²) in [5.74, 6) is 2.47. The van der Waals surface area contributed by atoms with Gasteiger partial charge in [-0.1, -0.05) is 23.2 Å². The van der Waals surface area contributed by atoms with Gasteiger partial charge in [0.25, 0.3) is 0 Å². The number of hydrogen-bond acceptors (Lipinski definition) is 4. The minimum absolute atomic E-state index is 0.629. The predicted octanol–water partition coefficient (Wildman–Crippen LogP) is 4.91. The topological polar surface area (TPSA) is 42.2 Å². The molecule has 6 heteroatoms. The van der Waals surface area contributed by atoms with Crippen molar-refractivity contribution in [1.82, 2.24) is 14.9 Å². The zero-order chi connectivity index (χ0) is 17.4. The van der Waals surface area contributed by atoms with Crippen LogP contribution in [0.4, 0.5) is 0 Å². The van der Waals surface area contributed by atoms with Gasteiger partial charge in [0.05, 0.1) is 11.6 Å². The average molecular weight is 374 g/mol. The quantitative estimate of drug-likeness (QED) is 0.653. The highest BCUT2D eigenvalue weighted by molar-refractivity contribution is 6.35. The minimum Gasteiger partial charge on any atom is -0.460 e. The highest BCUT2D eigenvalue weighted by Crippen LogP contribution is 2.32. The number of aryl methyl sites for hydroxylation is 1. The predicted molar refractivity (Wildman–Crippen MR) is 98.8 cm³/mol. The van der Waals surface area contributed by atoms with Gasteiger partial charge < -0.3 is 4.42 Å². The van der Waals surface area contributed by atoms with Crippen LogP contribution in [0.1, 0.15) is 22.8 Å². The summed E-state index contributed by atoms with van der Waals surface area (Å²) in [5.41, 5.74) is 3.17. The van der Waals surface area contributed by atoms with Gasteiger partial charge in [-0.2, -0.15) is 0 Å². The van der Waals surface area contributed by atoms with Crippen LogP contribution in [0.15, 0.2) is 40.9 Å². The Hall–Kier alpha value is -1.88. The van der Waals surface area contributed by atoms with Gasteiger partial charge in [0.2, 0.25) is 0 Å². The van der Waals surface area contributed by atoms with Crippen LogP contribution in [0, 0.1) is 6.92 Å². The first-order chi connectivity index (χ1) is 12.1. The van der Waals surface area contributed by atoms with Gasteiger partial charge in [0, 0.05) is 47.6 Å². The Balaban J connectivity index is 1.50. The van der Waals surface area contributed by atoms with E-state index in [4.69, 9.17) is 27.6 Å². The molecule has 0 atom stereocenters. The highest BCUT2D eigenvalue weighted by Gasteiger charge is 2.19. The van der Waals surface area contributed by atoms with E-state index in [1.807, 2.05) is 31.3 Å². The van der Waals surface area contributed by atoms with E-state index in [9.17, 15) is 0 Å². The average Bonchev–Trinajstić information content (AvgIpc) is 3.05. The van der Waals surface area contributed by atoms with Crippen molar-refractivity contribution >= 4 is 23.2 Å². The van der Waals surface area contributed by atoms with Crippen molar-refractivity contribution in [3.63, 3.8) is 0 Å². The maximum Gasteiger partial charge on any atom is 0.135 e. The summed E-state index contributed by atoms with van der Waals surface area (Å²) in [6, 6.07) is 9.31. The second-order valence-corrected chi connectivity index (χ2v) is 7.08. The van der Waals surface area contributed by atoms with Crippen LogP contribution in [0.3, 0.4) is 0 Å². The third-order valence-corrected chi connectivity index (χ3v) is 4.93. The summed E-state index contributed by atoms with van der Waals surface area (Å²) in [7, 11) is 0. The Kier molecular flexibility index (Phi) is 4.50. The van der Waals surface area contributed by atoms with Crippen molar-refractivity contribution in [2.75, 3.05) is 6.54 Å². The third-order valence-electron chi connectivity index (χ3n) is 4.37. The van der Waals surface area contributed by atoms with E-state index >= 15 is 0 Å². The fraction of sp³-hybridized carbons (Fsp3) is 0.263. The Morgan fingerprint density at radius 1 is 1.20 bits per heavy atom. The number of nitrogens with zero attached hydrogens (tertiary/aromatic N) is 3. The molecule has 128 valence electrons. The first-order valence-electron chi connectivity index (χ1n) is 8.16. The molecule has 3 aromatic rings. The molecule has 0 amide bonds. The van der Waals surface area contributed by atoms with Gasteiger partial charge in [-0.15, -0.1) is 0 Å². The molecule has 0 saturated heterocycles. The monoisotopic (exact) mass is 373 g/mol. The summed E-state index contributed by atoms with van der Waals surface area (Å²) in [4.78, 5) is 11.2. The van der Waals surface area contributed by atoms with E-state index in [2.05, 4.69) is 14.9 Å². The first kappa shape index (κ1) is 16.6. The molecular formula is C19H17Cl2N3O. The second kappa shape index (κ2) is 6.79. The highest BCUT2D eigenvalue weighted by atomic mass is 35.5. The van der Waals surface area contributed by atoms with Crippen molar-refractivity contribution < 1.29 is 4.42 Å². The van der Waals surface area contributed by atoms with Gasteiger partial charge in [-0.25, -0.2) is 9.97 Å². The largest absolute Gasteiger partial charge is 0.460 e. The lowest BCUT2D eigenvalue weighted by molar-refractivity contribution is 0.224. The van der Waals surface area contributed by atoms with E-state index in [0.717, 1.165) is 54.7 Å². The number of halogens is 2. The molecule has 25 heavy (non-hydrogen) atoms. The summed E-state index contributed by atoms with van der Waals surface area (Å²) in [6.07, 6.45) is 2.87.